The van der Waals surface area contributed by atoms with E-state index in [-0.39, 0.29) is 5.97 Å². The Morgan fingerprint density at radius 3 is 2.82 bits per heavy atom. The average Bonchev–Trinajstić information content (AvgIpc) is 2.95. The fourth-order valence-electron chi connectivity index (χ4n) is 1.68. The summed E-state index contributed by atoms with van der Waals surface area (Å²) in [7, 11) is 1.37. The summed E-state index contributed by atoms with van der Waals surface area (Å²) in [4.78, 5) is 14.3. The monoisotopic (exact) mass is 267 g/mol. The number of esters is 1. The highest BCUT2D eigenvalue weighted by molar-refractivity contribution is 7.17. The van der Waals surface area contributed by atoms with Crippen LogP contribution in [0.1, 0.15) is 21.5 Å². The first-order chi connectivity index (χ1) is 8.19. The van der Waals surface area contributed by atoms with Gasteiger partial charge in [-0.15, -0.1) is 22.7 Å². The number of carbonyl (C=O) groups is 1. The van der Waals surface area contributed by atoms with Crippen LogP contribution in [-0.2, 0) is 11.2 Å². The van der Waals surface area contributed by atoms with E-state index in [1.807, 2.05) is 17.5 Å². The number of methoxy groups -OCH3 is 1. The van der Waals surface area contributed by atoms with E-state index in [2.05, 4.69) is 6.92 Å². The van der Waals surface area contributed by atoms with Crippen molar-refractivity contribution in [3.05, 3.63) is 27.3 Å². The number of nitrogens with two attached hydrogens (primary N) is 1. The molecule has 0 fully saturated rings. The van der Waals surface area contributed by atoms with Gasteiger partial charge in [0.05, 0.1) is 12.8 Å². The molecule has 0 radical (unpaired) electrons. The number of hydrogen-bond acceptors (Lipinski definition) is 5. The van der Waals surface area contributed by atoms with Gasteiger partial charge in [0.25, 0.3) is 0 Å². The van der Waals surface area contributed by atoms with Crippen molar-refractivity contribution in [1.82, 2.24) is 0 Å². The predicted molar refractivity (Wildman–Crippen MR) is 72.8 cm³/mol. The van der Waals surface area contributed by atoms with Crippen LogP contribution >= 0.6 is 22.7 Å². The summed E-state index contributed by atoms with van der Waals surface area (Å²) in [5.74, 6) is -0.356. The molecule has 0 aromatic carbocycles. The zero-order valence-corrected chi connectivity index (χ0v) is 11.3. The third-order valence-electron chi connectivity index (χ3n) is 2.48. The SMILES string of the molecule is CCc1sc(C(=O)OC)c(N)c1-c1cccs1. The van der Waals surface area contributed by atoms with Crippen LogP contribution in [0.3, 0.4) is 0 Å². The van der Waals surface area contributed by atoms with Crippen LogP contribution in [0.15, 0.2) is 17.5 Å². The van der Waals surface area contributed by atoms with Gasteiger partial charge in [-0.05, 0) is 17.9 Å². The van der Waals surface area contributed by atoms with Crippen molar-refractivity contribution in [2.24, 2.45) is 0 Å². The fourth-order valence-corrected chi connectivity index (χ4v) is 3.65. The molecule has 0 aliphatic heterocycles. The zero-order valence-electron chi connectivity index (χ0n) is 9.65. The number of carbonyl (C=O) groups excluding carboxylic acids is 1. The van der Waals surface area contributed by atoms with Gasteiger partial charge < -0.3 is 10.5 Å². The Morgan fingerprint density at radius 1 is 1.53 bits per heavy atom. The molecule has 2 N–H and O–H groups in total. The molecule has 17 heavy (non-hydrogen) atoms. The number of hydrogen-bond donors (Lipinski definition) is 1. The Kier molecular flexibility index (Phi) is 3.49. The number of rotatable bonds is 3. The van der Waals surface area contributed by atoms with Crippen LogP contribution in [0.2, 0.25) is 0 Å². The van der Waals surface area contributed by atoms with Crippen LogP contribution in [0.4, 0.5) is 5.69 Å². The third-order valence-corrected chi connectivity index (χ3v) is 4.69. The first-order valence-electron chi connectivity index (χ1n) is 5.22. The lowest BCUT2D eigenvalue weighted by molar-refractivity contribution is 0.0607. The maximum Gasteiger partial charge on any atom is 0.350 e. The molecule has 3 nitrogen and oxygen atoms in total. The van der Waals surface area contributed by atoms with Crippen molar-refractivity contribution in [2.45, 2.75) is 13.3 Å². The molecule has 0 atom stereocenters. The molecule has 2 rings (SSSR count). The van der Waals surface area contributed by atoms with Crippen molar-refractivity contribution < 1.29 is 9.53 Å². The summed E-state index contributed by atoms with van der Waals surface area (Å²) < 4.78 is 4.74. The Bertz CT molecular complexity index is 529. The van der Waals surface area contributed by atoms with Crippen molar-refractivity contribution in [2.75, 3.05) is 12.8 Å². The van der Waals surface area contributed by atoms with E-state index in [4.69, 9.17) is 10.5 Å². The smallest absolute Gasteiger partial charge is 0.350 e. The minimum atomic E-state index is -0.356. The second-order valence-corrected chi connectivity index (χ2v) is 5.52. The normalized spacial score (nSPS) is 10.5. The fraction of sp³-hybridized carbons (Fsp3) is 0.250. The maximum atomic E-state index is 11.6. The van der Waals surface area contributed by atoms with Gasteiger partial charge in [-0.3, -0.25) is 0 Å². The number of thiophene rings is 2. The maximum absolute atomic E-state index is 11.6. The molecule has 0 bridgehead atoms. The number of anilines is 1. The Morgan fingerprint density at radius 2 is 2.29 bits per heavy atom. The van der Waals surface area contributed by atoms with Crippen molar-refractivity contribution >= 4 is 34.3 Å². The summed E-state index contributed by atoms with van der Waals surface area (Å²) in [6.07, 6.45) is 0.860. The zero-order chi connectivity index (χ0) is 12.4. The molecule has 0 aliphatic rings. The summed E-state index contributed by atoms with van der Waals surface area (Å²) in [6.45, 7) is 2.06. The van der Waals surface area contributed by atoms with Gasteiger partial charge in [-0.1, -0.05) is 13.0 Å². The molecule has 90 valence electrons. The average molecular weight is 267 g/mol. The Balaban J connectivity index is 2.59. The minimum absolute atomic E-state index is 0.356. The molecule has 0 saturated heterocycles. The summed E-state index contributed by atoms with van der Waals surface area (Å²) in [5.41, 5.74) is 7.60. The van der Waals surface area contributed by atoms with E-state index < -0.39 is 0 Å². The molecule has 5 heteroatoms. The molecule has 0 aliphatic carbocycles. The van der Waals surface area contributed by atoms with Crippen molar-refractivity contribution in [3.63, 3.8) is 0 Å². The van der Waals surface area contributed by atoms with E-state index in [0.717, 1.165) is 21.7 Å². The molecule has 2 heterocycles. The first kappa shape index (κ1) is 12.1. The van der Waals surface area contributed by atoms with Gasteiger partial charge in [0.2, 0.25) is 0 Å². The van der Waals surface area contributed by atoms with Crippen LogP contribution in [0.5, 0.6) is 0 Å². The highest BCUT2D eigenvalue weighted by atomic mass is 32.1. The number of ether oxygens (including phenoxy) is 1. The van der Waals surface area contributed by atoms with Gasteiger partial charge >= 0.3 is 5.97 Å². The largest absolute Gasteiger partial charge is 0.465 e. The second-order valence-electron chi connectivity index (χ2n) is 3.47. The van der Waals surface area contributed by atoms with Crippen LogP contribution in [0, 0.1) is 0 Å². The molecule has 0 unspecified atom stereocenters. The lowest BCUT2D eigenvalue weighted by Crippen LogP contribution is -2.01. The molecular weight excluding hydrogens is 254 g/mol. The number of aryl methyl sites for hydroxylation is 1. The molecule has 2 aromatic heterocycles. The molecule has 0 saturated carbocycles. The van der Waals surface area contributed by atoms with E-state index in [1.165, 1.54) is 18.4 Å². The summed E-state index contributed by atoms with van der Waals surface area (Å²) >= 11 is 3.05. The quantitative estimate of drug-likeness (QED) is 0.867. The van der Waals surface area contributed by atoms with Crippen LogP contribution < -0.4 is 5.73 Å². The minimum Gasteiger partial charge on any atom is -0.465 e. The van der Waals surface area contributed by atoms with E-state index >= 15 is 0 Å². The van der Waals surface area contributed by atoms with Crippen LogP contribution in [-0.4, -0.2) is 13.1 Å². The molecule has 2 aromatic rings. The van der Waals surface area contributed by atoms with Crippen molar-refractivity contribution in [3.8, 4) is 10.4 Å². The summed E-state index contributed by atoms with van der Waals surface area (Å²) in [5, 5.41) is 2.00. The van der Waals surface area contributed by atoms with E-state index in [0.29, 0.717) is 10.6 Å². The third kappa shape index (κ3) is 2.08. The van der Waals surface area contributed by atoms with Gasteiger partial charge in [-0.25, -0.2) is 4.79 Å². The molecular formula is C12H13NO2S2. The topological polar surface area (TPSA) is 52.3 Å². The van der Waals surface area contributed by atoms with Gasteiger partial charge in [-0.2, -0.15) is 0 Å². The van der Waals surface area contributed by atoms with E-state index in [1.54, 1.807) is 11.3 Å². The van der Waals surface area contributed by atoms with E-state index in [9.17, 15) is 4.79 Å². The highest BCUT2D eigenvalue weighted by Gasteiger charge is 2.21. The summed E-state index contributed by atoms with van der Waals surface area (Å²) in [6, 6.07) is 4.00. The first-order valence-corrected chi connectivity index (χ1v) is 6.92. The predicted octanol–water partition coefficient (Wildman–Crippen LogP) is 3.41. The van der Waals surface area contributed by atoms with Gasteiger partial charge in [0.1, 0.15) is 4.88 Å². The Hall–Kier alpha value is -1.33. The molecule has 0 spiro atoms. The van der Waals surface area contributed by atoms with Crippen LogP contribution in [0.25, 0.3) is 10.4 Å². The standard InChI is InChI=1S/C12H13NO2S2/c1-3-7-9(8-5-4-6-16-8)10(13)11(17-7)12(14)15-2/h4-6H,3,13H2,1-2H3. The van der Waals surface area contributed by atoms with Gasteiger partial charge in [0, 0.05) is 15.3 Å². The Labute approximate surface area is 108 Å². The number of nitrogen functional groups attached to an aromatic ring is 1. The lowest BCUT2D eigenvalue weighted by Gasteiger charge is -2.00. The second kappa shape index (κ2) is 4.89. The highest BCUT2D eigenvalue weighted by Crippen LogP contribution is 2.41. The lowest BCUT2D eigenvalue weighted by atomic mass is 10.1. The van der Waals surface area contributed by atoms with Crippen molar-refractivity contribution in [1.29, 1.82) is 0 Å². The van der Waals surface area contributed by atoms with Gasteiger partial charge in [0.15, 0.2) is 0 Å². The molecule has 0 amide bonds.